The molecule has 0 unspecified atom stereocenters. The van der Waals surface area contributed by atoms with Gasteiger partial charge in [-0.25, -0.2) is 0 Å². The van der Waals surface area contributed by atoms with Crippen LogP contribution in [0.2, 0.25) is 0 Å². The van der Waals surface area contributed by atoms with Crippen LogP contribution in [-0.4, -0.2) is 36.1 Å². The average molecular weight is 426 g/mol. The molecule has 4 nitrogen and oxygen atoms in total. The Bertz CT molecular complexity index is 1100. The summed E-state index contributed by atoms with van der Waals surface area (Å²) in [6, 6.07) is 26.4. The molecular formula is C28H27NO3. The highest BCUT2D eigenvalue weighted by molar-refractivity contribution is 5.76. The van der Waals surface area contributed by atoms with Crippen LogP contribution in [0.5, 0.6) is 11.5 Å². The second-order valence-electron chi connectivity index (χ2n) is 8.41. The second-order valence-corrected chi connectivity index (χ2v) is 8.41. The van der Waals surface area contributed by atoms with Gasteiger partial charge in [-0.2, -0.15) is 0 Å². The first-order valence-electron chi connectivity index (χ1n) is 11.2. The molecule has 32 heavy (non-hydrogen) atoms. The normalized spacial score (nSPS) is 16.3. The minimum atomic E-state index is -0.321. The number of para-hydroxylation sites is 1. The van der Waals surface area contributed by atoms with Crippen molar-refractivity contribution in [1.82, 2.24) is 4.90 Å². The molecular weight excluding hydrogens is 398 g/mol. The minimum Gasteiger partial charge on any atom is -0.493 e. The maximum Gasteiger partial charge on any atom is 0.226 e. The van der Waals surface area contributed by atoms with Crippen LogP contribution in [0.25, 0.3) is 17.2 Å². The van der Waals surface area contributed by atoms with Crippen molar-refractivity contribution in [3.05, 3.63) is 90.5 Å². The van der Waals surface area contributed by atoms with Crippen molar-refractivity contribution >= 4 is 12.0 Å². The van der Waals surface area contributed by atoms with Crippen molar-refractivity contribution in [2.45, 2.75) is 24.9 Å². The van der Waals surface area contributed by atoms with Crippen molar-refractivity contribution in [3.8, 4) is 22.6 Å². The van der Waals surface area contributed by atoms with Gasteiger partial charge in [0, 0.05) is 31.5 Å². The molecule has 1 saturated heterocycles. The zero-order valence-corrected chi connectivity index (χ0v) is 18.1. The highest BCUT2D eigenvalue weighted by Crippen LogP contribution is 2.38. The van der Waals surface area contributed by atoms with Crippen LogP contribution in [0.15, 0.2) is 84.9 Å². The number of benzene rings is 3. The zero-order chi connectivity index (χ0) is 21.8. The third-order valence-corrected chi connectivity index (χ3v) is 6.29. The molecule has 162 valence electrons. The van der Waals surface area contributed by atoms with Gasteiger partial charge in [-0.05, 0) is 41.5 Å². The first kappa shape index (κ1) is 20.4. The van der Waals surface area contributed by atoms with Crippen LogP contribution >= 0.6 is 0 Å². The molecule has 2 aliphatic heterocycles. The van der Waals surface area contributed by atoms with E-state index in [0.29, 0.717) is 26.1 Å². The van der Waals surface area contributed by atoms with Crippen LogP contribution in [-0.2, 0) is 4.79 Å². The number of carbonyl (C=O) groups is 1. The first-order chi connectivity index (χ1) is 15.7. The number of piperidine rings is 1. The first-order valence-corrected chi connectivity index (χ1v) is 11.2. The lowest BCUT2D eigenvalue weighted by Gasteiger charge is -2.42. The summed E-state index contributed by atoms with van der Waals surface area (Å²) >= 11 is 0. The Kier molecular flexibility index (Phi) is 5.68. The van der Waals surface area contributed by atoms with E-state index in [9.17, 15) is 4.79 Å². The van der Waals surface area contributed by atoms with Crippen molar-refractivity contribution in [2.24, 2.45) is 0 Å². The van der Waals surface area contributed by atoms with Crippen molar-refractivity contribution in [1.29, 1.82) is 0 Å². The fraction of sp³-hybridized carbons (Fsp3) is 0.250. The summed E-state index contributed by atoms with van der Waals surface area (Å²) in [5.74, 6) is 1.86. The van der Waals surface area contributed by atoms with Crippen LogP contribution in [0.3, 0.4) is 0 Å². The number of likely N-dealkylation sites (tertiary alicyclic amines) is 1. The molecule has 2 aliphatic rings. The van der Waals surface area contributed by atoms with Gasteiger partial charge in [0.05, 0.1) is 13.0 Å². The molecule has 3 aromatic carbocycles. The van der Waals surface area contributed by atoms with E-state index in [-0.39, 0.29) is 11.5 Å². The lowest BCUT2D eigenvalue weighted by atomic mass is 9.87. The number of fused-ring (bicyclic) bond motifs is 1. The van der Waals surface area contributed by atoms with Gasteiger partial charge in [0.25, 0.3) is 0 Å². The standard InChI is InChI=1S/C28H27NO3/c30-27(14-20-31-25-9-5-2-6-10-25)29-18-16-28(17-19-29)15-13-24-21-23(11-12-26(24)32-28)22-7-3-1-4-8-22/h1-13,15,21H,14,16-20H2. The number of carbonyl (C=O) groups excluding carboxylic acids is 1. The molecule has 1 spiro atoms. The van der Waals surface area contributed by atoms with Gasteiger partial charge in [0.2, 0.25) is 5.91 Å². The minimum absolute atomic E-state index is 0.142. The largest absolute Gasteiger partial charge is 0.493 e. The zero-order valence-electron chi connectivity index (χ0n) is 18.1. The summed E-state index contributed by atoms with van der Waals surface area (Å²) in [7, 11) is 0. The Morgan fingerprint density at radius 2 is 1.62 bits per heavy atom. The maximum absolute atomic E-state index is 12.6. The monoisotopic (exact) mass is 425 g/mol. The fourth-order valence-corrected chi connectivity index (χ4v) is 4.41. The molecule has 0 saturated carbocycles. The van der Waals surface area contributed by atoms with E-state index in [1.165, 1.54) is 11.1 Å². The van der Waals surface area contributed by atoms with Gasteiger partial charge in [-0.1, -0.05) is 60.7 Å². The topological polar surface area (TPSA) is 38.8 Å². The SMILES string of the molecule is O=C(CCOc1ccccc1)N1CCC2(C=Cc3cc(-c4ccccc4)ccc3O2)CC1. The lowest BCUT2D eigenvalue weighted by Crippen LogP contribution is -2.49. The molecule has 0 N–H and O–H groups in total. The Morgan fingerprint density at radius 3 is 2.38 bits per heavy atom. The second kappa shape index (κ2) is 8.91. The van der Waals surface area contributed by atoms with E-state index in [4.69, 9.17) is 9.47 Å². The number of hydrogen-bond donors (Lipinski definition) is 0. The predicted octanol–water partition coefficient (Wildman–Crippen LogP) is 5.59. The molecule has 0 radical (unpaired) electrons. The van der Waals surface area contributed by atoms with Gasteiger partial charge < -0.3 is 14.4 Å². The van der Waals surface area contributed by atoms with E-state index < -0.39 is 0 Å². The van der Waals surface area contributed by atoms with E-state index in [1.54, 1.807) is 0 Å². The van der Waals surface area contributed by atoms with Gasteiger partial charge in [-0.15, -0.1) is 0 Å². The molecule has 5 rings (SSSR count). The Morgan fingerprint density at radius 1 is 0.906 bits per heavy atom. The van der Waals surface area contributed by atoms with E-state index in [0.717, 1.165) is 29.9 Å². The Labute approximate surface area is 189 Å². The predicted molar refractivity (Wildman–Crippen MR) is 127 cm³/mol. The van der Waals surface area contributed by atoms with Gasteiger partial charge in [0.1, 0.15) is 17.1 Å². The smallest absolute Gasteiger partial charge is 0.226 e. The van der Waals surface area contributed by atoms with E-state index in [1.807, 2.05) is 41.3 Å². The third-order valence-electron chi connectivity index (χ3n) is 6.29. The summed E-state index contributed by atoms with van der Waals surface area (Å²) in [5.41, 5.74) is 3.17. The quantitative estimate of drug-likeness (QED) is 0.535. The average Bonchev–Trinajstić information content (AvgIpc) is 2.85. The van der Waals surface area contributed by atoms with Crippen molar-refractivity contribution in [2.75, 3.05) is 19.7 Å². The summed E-state index contributed by atoms with van der Waals surface area (Å²) in [5, 5.41) is 0. The summed E-state index contributed by atoms with van der Waals surface area (Å²) in [4.78, 5) is 14.6. The lowest BCUT2D eigenvalue weighted by molar-refractivity contribution is -0.134. The van der Waals surface area contributed by atoms with E-state index in [2.05, 4.69) is 54.6 Å². The van der Waals surface area contributed by atoms with Crippen molar-refractivity contribution < 1.29 is 14.3 Å². The Balaban J connectivity index is 1.17. The Hall–Kier alpha value is -3.53. The fourth-order valence-electron chi connectivity index (χ4n) is 4.41. The molecule has 0 bridgehead atoms. The molecule has 3 aromatic rings. The van der Waals surface area contributed by atoms with Gasteiger partial charge >= 0.3 is 0 Å². The molecule has 1 fully saturated rings. The molecule has 0 aliphatic carbocycles. The number of nitrogens with zero attached hydrogens (tertiary/aromatic N) is 1. The van der Waals surface area contributed by atoms with Crippen LogP contribution in [0.4, 0.5) is 0 Å². The summed E-state index contributed by atoms with van der Waals surface area (Å²) in [6.45, 7) is 1.80. The van der Waals surface area contributed by atoms with Gasteiger partial charge in [-0.3, -0.25) is 4.79 Å². The number of amides is 1. The number of rotatable bonds is 5. The van der Waals surface area contributed by atoms with Crippen LogP contribution in [0.1, 0.15) is 24.8 Å². The van der Waals surface area contributed by atoms with Gasteiger partial charge in [0.15, 0.2) is 0 Å². The van der Waals surface area contributed by atoms with Crippen LogP contribution < -0.4 is 9.47 Å². The third kappa shape index (κ3) is 4.40. The number of hydrogen-bond acceptors (Lipinski definition) is 3. The van der Waals surface area contributed by atoms with Crippen LogP contribution in [0, 0.1) is 0 Å². The molecule has 0 atom stereocenters. The molecule has 0 aromatic heterocycles. The maximum atomic E-state index is 12.6. The van der Waals surface area contributed by atoms with Crippen molar-refractivity contribution in [3.63, 3.8) is 0 Å². The van der Waals surface area contributed by atoms with E-state index >= 15 is 0 Å². The number of ether oxygens (including phenoxy) is 2. The molecule has 1 amide bonds. The highest BCUT2D eigenvalue weighted by atomic mass is 16.5. The summed E-state index contributed by atoms with van der Waals surface area (Å²) in [6.07, 6.45) is 6.36. The highest BCUT2D eigenvalue weighted by Gasteiger charge is 2.37. The summed E-state index contributed by atoms with van der Waals surface area (Å²) < 4.78 is 12.1. The molecule has 4 heteroatoms. The molecule has 2 heterocycles.